The highest BCUT2D eigenvalue weighted by Crippen LogP contribution is 2.23. The van der Waals surface area contributed by atoms with Crippen LogP contribution in [0.1, 0.15) is 46.3 Å². The quantitative estimate of drug-likeness (QED) is 0.835. The number of aryl methyl sites for hydroxylation is 2. The molecule has 1 amide bonds. The average molecular weight is 308 g/mol. The van der Waals surface area contributed by atoms with Gasteiger partial charge < -0.3 is 5.32 Å². The number of Topliss-reactive ketones (excluding diaryl/α,β-unsaturated/α-hetero) is 1. The zero-order valence-electron chi connectivity index (χ0n) is 13.0. The van der Waals surface area contributed by atoms with Crippen molar-refractivity contribution in [3.63, 3.8) is 0 Å². The van der Waals surface area contributed by atoms with Gasteiger partial charge in [-0.25, -0.2) is 0 Å². The van der Waals surface area contributed by atoms with Crippen molar-refractivity contribution >= 4 is 11.7 Å². The third-order valence-electron chi connectivity index (χ3n) is 4.21. The Hall–Kier alpha value is -2.49. The van der Waals surface area contributed by atoms with Crippen molar-refractivity contribution in [3.8, 4) is 0 Å². The molecule has 4 nitrogen and oxygen atoms in total. The minimum atomic E-state index is -0.108. The van der Waals surface area contributed by atoms with Gasteiger partial charge in [0.15, 0.2) is 5.78 Å². The fourth-order valence-electron chi connectivity index (χ4n) is 2.91. The number of benzene rings is 1. The Kier molecular flexibility index (Phi) is 4.81. The molecule has 1 N–H and O–H groups in total. The first-order valence-electron chi connectivity index (χ1n) is 8.03. The zero-order chi connectivity index (χ0) is 16.1. The number of hydrogen-bond donors (Lipinski definition) is 1. The standard InChI is InChI=1S/C19H20N2O2/c22-18(17-7-6-15-4-1-5-16(15)11-17)8-9-19(23)21-13-14-3-2-10-20-12-14/h2-3,6-7,10-12H,1,4-5,8-9,13H2,(H,21,23). The van der Waals surface area contributed by atoms with Crippen LogP contribution in [0.4, 0.5) is 0 Å². The number of hydrogen-bond acceptors (Lipinski definition) is 3. The number of carbonyl (C=O) groups excluding carboxylic acids is 2. The normalized spacial score (nSPS) is 12.7. The molecule has 118 valence electrons. The fraction of sp³-hybridized carbons (Fsp3) is 0.316. The van der Waals surface area contributed by atoms with E-state index >= 15 is 0 Å². The van der Waals surface area contributed by atoms with Crippen molar-refractivity contribution in [2.45, 2.75) is 38.6 Å². The molecule has 1 aliphatic rings. The number of nitrogens with one attached hydrogen (secondary N) is 1. The van der Waals surface area contributed by atoms with Gasteiger partial charge in [0.1, 0.15) is 0 Å². The predicted molar refractivity (Wildman–Crippen MR) is 88.1 cm³/mol. The molecule has 0 spiro atoms. The number of ketones is 1. The van der Waals surface area contributed by atoms with Crippen LogP contribution in [0.3, 0.4) is 0 Å². The number of fused-ring (bicyclic) bond motifs is 1. The van der Waals surface area contributed by atoms with Crippen LogP contribution in [0.15, 0.2) is 42.7 Å². The maximum Gasteiger partial charge on any atom is 0.220 e. The van der Waals surface area contributed by atoms with Gasteiger partial charge in [0, 0.05) is 37.3 Å². The summed E-state index contributed by atoms with van der Waals surface area (Å²) in [6.45, 7) is 0.444. The van der Waals surface area contributed by atoms with Crippen molar-refractivity contribution in [3.05, 3.63) is 65.0 Å². The molecule has 4 heteroatoms. The molecule has 0 saturated heterocycles. The third kappa shape index (κ3) is 4.03. The molecule has 1 aromatic heterocycles. The van der Waals surface area contributed by atoms with E-state index in [0.717, 1.165) is 24.0 Å². The summed E-state index contributed by atoms with van der Waals surface area (Å²) in [7, 11) is 0. The SMILES string of the molecule is O=C(CCC(=O)c1ccc2c(c1)CCC2)NCc1cccnc1. The van der Waals surface area contributed by atoms with Gasteiger partial charge >= 0.3 is 0 Å². The van der Waals surface area contributed by atoms with Crippen LogP contribution in [-0.4, -0.2) is 16.7 Å². The molecule has 0 bridgehead atoms. The lowest BCUT2D eigenvalue weighted by Gasteiger charge is -2.06. The number of pyridine rings is 1. The molecular formula is C19H20N2O2. The van der Waals surface area contributed by atoms with E-state index in [1.165, 1.54) is 17.5 Å². The number of nitrogens with zero attached hydrogens (tertiary/aromatic N) is 1. The largest absolute Gasteiger partial charge is 0.352 e. The molecule has 0 atom stereocenters. The van der Waals surface area contributed by atoms with Gasteiger partial charge in [0.25, 0.3) is 0 Å². The van der Waals surface area contributed by atoms with Gasteiger partial charge in [-0.2, -0.15) is 0 Å². The van der Waals surface area contributed by atoms with E-state index in [1.807, 2.05) is 24.3 Å². The highest BCUT2D eigenvalue weighted by atomic mass is 16.2. The van der Waals surface area contributed by atoms with Gasteiger partial charge in [0.05, 0.1) is 0 Å². The van der Waals surface area contributed by atoms with Crippen molar-refractivity contribution in [2.75, 3.05) is 0 Å². The van der Waals surface area contributed by atoms with E-state index in [4.69, 9.17) is 0 Å². The molecule has 1 aromatic carbocycles. The zero-order valence-corrected chi connectivity index (χ0v) is 13.0. The second-order valence-electron chi connectivity index (χ2n) is 5.90. The summed E-state index contributed by atoms with van der Waals surface area (Å²) in [6, 6.07) is 9.68. The van der Waals surface area contributed by atoms with Crippen LogP contribution in [-0.2, 0) is 24.2 Å². The van der Waals surface area contributed by atoms with Crippen molar-refractivity contribution in [1.82, 2.24) is 10.3 Å². The van der Waals surface area contributed by atoms with Crippen LogP contribution >= 0.6 is 0 Å². The lowest BCUT2D eigenvalue weighted by atomic mass is 10.0. The highest BCUT2D eigenvalue weighted by molar-refractivity contribution is 5.98. The first-order chi connectivity index (χ1) is 11.2. The lowest BCUT2D eigenvalue weighted by Crippen LogP contribution is -2.23. The predicted octanol–water partition coefficient (Wildman–Crippen LogP) is 2.85. The van der Waals surface area contributed by atoms with E-state index in [2.05, 4.69) is 16.4 Å². The fourth-order valence-corrected chi connectivity index (χ4v) is 2.91. The Balaban J connectivity index is 1.48. The minimum absolute atomic E-state index is 0.0382. The summed E-state index contributed by atoms with van der Waals surface area (Å²) in [5.41, 5.74) is 4.32. The van der Waals surface area contributed by atoms with Gasteiger partial charge in [0.2, 0.25) is 5.91 Å². The van der Waals surface area contributed by atoms with Gasteiger partial charge in [-0.3, -0.25) is 14.6 Å². The molecule has 2 aromatic rings. The maximum atomic E-state index is 12.2. The Labute approximate surface area is 135 Å². The Morgan fingerprint density at radius 3 is 2.78 bits per heavy atom. The van der Waals surface area contributed by atoms with E-state index < -0.39 is 0 Å². The van der Waals surface area contributed by atoms with Crippen LogP contribution in [0.25, 0.3) is 0 Å². The Morgan fingerprint density at radius 2 is 1.96 bits per heavy atom. The maximum absolute atomic E-state index is 12.2. The summed E-state index contributed by atoms with van der Waals surface area (Å²) in [5.74, 6) is -0.0698. The Bertz CT molecular complexity index is 711. The van der Waals surface area contributed by atoms with Crippen molar-refractivity contribution in [2.24, 2.45) is 0 Å². The first-order valence-corrected chi connectivity index (χ1v) is 8.03. The van der Waals surface area contributed by atoms with Crippen LogP contribution in [0.2, 0.25) is 0 Å². The summed E-state index contributed by atoms with van der Waals surface area (Å²) in [5, 5.41) is 2.82. The van der Waals surface area contributed by atoms with Gasteiger partial charge in [-0.15, -0.1) is 0 Å². The second kappa shape index (κ2) is 7.18. The van der Waals surface area contributed by atoms with Crippen LogP contribution in [0.5, 0.6) is 0 Å². The molecule has 23 heavy (non-hydrogen) atoms. The van der Waals surface area contributed by atoms with E-state index in [-0.39, 0.29) is 24.5 Å². The molecule has 0 saturated carbocycles. The Morgan fingerprint density at radius 1 is 1.09 bits per heavy atom. The third-order valence-corrected chi connectivity index (χ3v) is 4.21. The first kappa shape index (κ1) is 15.4. The monoisotopic (exact) mass is 308 g/mol. The molecule has 0 aliphatic heterocycles. The van der Waals surface area contributed by atoms with E-state index in [0.29, 0.717) is 6.54 Å². The summed E-state index contributed by atoms with van der Waals surface area (Å²) in [4.78, 5) is 28.1. The molecule has 0 unspecified atom stereocenters. The van der Waals surface area contributed by atoms with Crippen LogP contribution < -0.4 is 5.32 Å². The summed E-state index contributed by atoms with van der Waals surface area (Å²) >= 11 is 0. The molecule has 1 heterocycles. The average Bonchev–Trinajstić information content (AvgIpc) is 3.06. The van der Waals surface area contributed by atoms with E-state index in [1.54, 1.807) is 12.4 Å². The van der Waals surface area contributed by atoms with E-state index in [9.17, 15) is 9.59 Å². The number of amides is 1. The van der Waals surface area contributed by atoms with Gasteiger partial charge in [-0.05, 0) is 48.1 Å². The topological polar surface area (TPSA) is 59.1 Å². The highest BCUT2D eigenvalue weighted by Gasteiger charge is 2.14. The number of aromatic nitrogens is 1. The van der Waals surface area contributed by atoms with Crippen molar-refractivity contribution < 1.29 is 9.59 Å². The lowest BCUT2D eigenvalue weighted by molar-refractivity contribution is -0.121. The van der Waals surface area contributed by atoms with Crippen molar-refractivity contribution in [1.29, 1.82) is 0 Å². The summed E-state index contributed by atoms with van der Waals surface area (Å²) < 4.78 is 0. The number of carbonyl (C=O) groups is 2. The number of rotatable bonds is 6. The molecular weight excluding hydrogens is 288 g/mol. The molecule has 1 aliphatic carbocycles. The smallest absolute Gasteiger partial charge is 0.220 e. The minimum Gasteiger partial charge on any atom is -0.352 e. The molecule has 0 radical (unpaired) electrons. The van der Waals surface area contributed by atoms with Gasteiger partial charge in [-0.1, -0.05) is 18.2 Å². The summed E-state index contributed by atoms with van der Waals surface area (Å²) in [6.07, 6.45) is 7.22. The second-order valence-corrected chi connectivity index (χ2v) is 5.90. The molecule has 0 fully saturated rings. The van der Waals surface area contributed by atoms with Crippen LogP contribution in [0, 0.1) is 0 Å². The molecule has 3 rings (SSSR count).